The Morgan fingerprint density at radius 3 is 2.78 bits per heavy atom. The van der Waals surface area contributed by atoms with Crippen LogP contribution < -0.4 is 5.32 Å². The van der Waals surface area contributed by atoms with Crippen LogP contribution in [0.25, 0.3) is 0 Å². The first-order chi connectivity index (χ1) is 4.33. The van der Waals surface area contributed by atoms with Crippen molar-refractivity contribution in [2.75, 3.05) is 13.1 Å². The summed E-state index contributed by atoms with van der Waals surface area (Å²) in [5, 5.41) is 5.11. The van der Waals surface area contributed by atoms with Crippen LogP contribution in [0.3, 0.4) is 0 Å². The highest BCUT2D eigenvalue weighted by atomic mass is 32.2. The van der Waals surface area contributed by atoms with E-state index >= 15 is 0 Å². The molecule has 1 heterocycles. The van der Waals surface area contributed by atoms with Gasteiger partial charge in [-0.05, 0) is 6.42 Å². The second kappa shape index (κ2) is 3.47. The van der Waals surface area contributed by atoms with Crippen molar-refractivity contribution in [3.8, 4) is 0 Å². The van der Waals surface area contributed by atoms with Gasteiger partial charge in [-0.2, -0.15) is 11.8 Å². The second-order valence-electron chi connectivity index (χ2n) is 2.64. The van der Waals surface area contributed by atoms with Crippen LogP contribution in [0.15, 0.2) is 0 Å². The summed E-state index contributed by atoms with van der Waals surface area (Å²) in [6.45, 7) is 6.96. The summed E-state index contributed by atoms with van der Waals surface area (Å²) in [6.07, 6.45) is 1.31. The van der Waals surface area contributed by atoms with Crippen LogP contribution in [-0.2, 0) is 0 Å². The zero-order chi connectivity index (χ0) is 6.69. The van der Waals surface area contributed by atoms with Gasteiger partial charge in [-0.25, -0.2) is 0 Å². The van der Waals surface area contributed by atoms with E-state index in [0.29, 0.717) is 0 Å². The molecule has 0 aromatic heterocycles. The van der Waals surface area contributed by atoms with E-state index in [-0.39, 0.29) is 0 Å². The van der Waals surface area contributed by atoms with Gasteiger partial charge in [-0.3, -0.25) is 0 Å². The van der Waals surface area contributed by atoms with Gasteiger partial charge in [0, 0.05) is 23.6 Å². The molecular formula is C7H15NS. The Balaban J connectivity index is 2.23. The van der Waals surface area contributed by atoms with Gasteiger partial charge in [-0.15, -0.1) is 0 Å². The molecule has 2 atom stereocenters. The molecule has 0 amide bonds. The summed E-state index contributed by atoms with van der Waals surface area (Å²) in [6, 6.07) is 0. The Kier molecular flexibility index (Phi) is 2.86. The molecule has 1 aliphatic heterocycles. The lowest BCUT2D eigenvalue weighted by Crippen LogP contribution is -2.36. The third-order valence-corrected chi connectivity index (χ3v) is 3.20. The predicted molar refractivity (Wildman–Crippen MR) is 44.0 cm³/mol. The molecule has 0 aromatic carbocycles. The Labute approximate surface area is 61.6 Å². The molecule has 1 saturated heterocycles. The highest BCUT2D eigenvalue weighted by Gasteiger charge is 2.16. The van der Waals surface area contributed by atoms with E-state index in [1.165, 1.54) is 19.5 Å². The number of hydrogen-bond acceptors (Lipinski definition) is 2. The van der Waals surface area contributed by atoms with Crippen molar-refractivity contribution in [1.29, 1.82) is 0 Å². The molecule has 54 valence electrons. The van der Waals surface area contributed by atoms with Gasteiger partial charge in [0.15, 0.2) is 0 Å². The second-order valence-corrected chi connectivity index (χ2v) is 4.38. The van der Waals surface area contributed by atoms with Crippen molar-refractivity contribution in [2.45, 2.75) is 30.8 Å². The van der Waals surface area contributed by atoms with Crippen LogP contribution in [0, 0.1) is 0 Å². The van der Waals surface area contributed by atoms with E-state index < -0.39 is 0 Å². The minimum atomic E-state index is 0.823. The summed E-state index contributed by atoms with van der Waals surface area (Å²) in [4.78, 5) is 0. The van der Waals surface area contributed by atoms with Crippen molar-refractivity contribution in [3.63, 3.8) is 0 Å². The minimum absolute atomic E-state index is 0.823. The Hall–Kier alpha value is 0.310. The minimum Gasteiger partial charge on any atom is -0.315 e. The quantitative estimate of drug-likeness (QED) is 0.600. The molecule has 1 aliphatic rings. The lowest BCUT2D eigenvalue weighted by atomic mass is 10.3. The number of rotatable bonds is 1. The topological polar surface area (TPSA) is 12.0 Å². The van der Waals surface area contributed by atoms with Gasteiger partial charge in [0.25, 0.3) is 0 Å². The predicted octanol–water partition coefficient (Wildman–Crippen LogP) is 1.49. The SMILES string of the molecule is CC[C@H]1CNC[C@H](C)S1. The third kappa shape index (κ3) is 2.18. The van der Waals surface area contributed by atoms with Crippen LogP contribution >= 0.6 is 11.8 Å². The molecule has 0 spiro atoms. The molecule has 0 radical (unpaired) electrons. The van der Waals surface area contributed by atoms with Crippen molar-refractivity contribution in [3.05, 3.63) is 0 Å². The highest BCUT2D eigenvalue weighted by molar-refractivity contribution is 8.00. The maximum Gasteiger partial charge on any atom is 0.0173 e. The zero-order valence-electron chi connectivity index (χ0n) is 6.18. The van der Waals surface area contributed by atoms with E-state index in [1.807, 2.05) is 0 Å². The molecule has 9 heavy (non-hydrogen) atoms. The van der Waals surface area contributed by atoms with Gasteiger partial charge in [0.2, 0.25) is 0 Å². The molecule has 0 aliphatic carbocycles. The Bertz CT molecular complexity index is 85.0. The molecule has 0 bridgehead atoms. The fraction of sp³-hybridized carbons (Fsp3) is 1.00. The van der Waals surface area contributed by atoms with E-state index in [1.54, 1.807) is 0 Å². The summed E-state index contributed by atoms with van der Waals surface area (Å²) in [5.74, 6) is 0. The smallest absolute Gasteiger partial charge is 0.0173 e. The first-order valence-corrected chi connectivity index (χ1v) is 4.63. The maximum atomic E-state index is 3.41. The summed E-state index contributed by atoms with van der Waals surface area (Å²) in [5.41, 5.74) is 0. The first-order valence-electron chi connectivity index (χ1n) is 3.69. The molecule has 1 N–H and O–H groups in total. The van der Waals surface area contributed by atoms with Crippen molar-refractivity contribution >= 4 is 11.8 Å². The van der Waals surface area contributed by atoms with Crippen molar-refractivity contribution < 1.29 is 0 Å². The number of nitrogens with one attached hydrogen (secondary N) is 1. The molecule has 2 heteroatoms. The Morgan fingerprint density at radius 2 is 2.33 bits per heavy atom. The largest absolute Gasteiger partial charge is 0.315 e. The lowest BCUT2D eigenvalue weighted by molar-refractivity contribution is 0.620. The van der Waals surface area contributed by atoms with Crippen LogP contribution in [0.1, 0.15) is 20.3 Å². The lowest BCUT2D eigenvalue weighted by Gasteiger charge is -2.26. The van der Waals surface area contributed by atoms with Gasteiger partial charge in [-0.1, -0.05) is 13.8 Å². The van der Waals surface area contributed by atoms with Gasteiger partial charge in [0.05, 0.1) is 0 Å². The third-order valence-electron chi connectivity index (χ3n) is 1.68. The fourth-order valence-corrected chi connectivity index (χ4v) is 2.39. The van der Waals surface area contributed by atoms with Crippen LogP contribution in [0.4, 0.5) is 0 Å². The van der Waals surface area contributed by atoms with E-state index in [2.05, 4.69) is 30.9 Å². The van der Waals surface area contributed by atoms with Gasteiger partial charge >= 0.3 is 0 Å². The van der Waals surface area contributed by atoms with Crippen LogP contribution in [0.2, 0.25) is 0 Å². The molecule has 1 fully saturated rings. The molecule has 1 rings (SSSR count). The monoisotopic (exact) mass is 145 g/mol. The molecular weight excluding hydrogens is 130 g/mol. The van der Waals surface area contributed by atoms with E-state index in [9.17, 15) is 0 Å². The highest BCUT2D eigenvalue weighted by Crippen LogP contribution is 2.22. The summed E-state index contributed by atoms with van der Waals surface area (Å²) >= 11 is 2.12. The van der Waals surface area contributed by atoms with Crippen LogP contribution in [-0.4, -0.2) is 23.6 Å². The average Bonchev–Trinajstić information content (AvgIpc) is 1.88. The summed E-state index contributed by atoms with van der Waals surface area (Å²) < 4.78 is 0. The standard InChI is InChI=1S/C7H15NS/c1-3-7-5-8-4-6(2)9-7/h6-8H,3-5H2,1-2H3/t6-,7-/m0/s1. The molecule has 0 unspecified atom stereocenters. The number of thioether (sulfide) groups is 1. The molecule has 1 nitrogen and oxygen atoms in total. The van der Waals surface area contributed by atoms with Crippen LogP contribution in [0.5, 0.6) is 0 Å². The van der Waals surface area contributed by atoms with E-state index in [4.69, 9.17) is 0 Å². The first kappa shape index (κ1) is 7.42. The zero-order valence-corrected chi connectivity index (χ0v) is 7.00. The van der Waals surface area contributed by atoms with Gasteiger partial charge < -0.3 is 5.32 Å². The molecule has 0 aromatic rings. The summed E-state index contributed by atoms with van der Waals surface area (Å²) in [7, 11) is 0. The van der Waals surface area contributed by atoms with Crippen molar-refractivity contribution in [1.82, 2.24) is 5.32 Å². The molecule has 0 saturated carbocycles. The fourth-order valence-electron chi connectivity index (χ4n) is 1.11. The number of hydrogen-bond donors (Lipinski definition) is 1. The Morgan fingerprint density at radius 1 is 1.56 bits per heavy atom. The maximum absolute atomic E-state index is 3.41. The average molecular weight is 145 g/mol. The van der Waals surface area contributed by atoms with Gasteiger partial charge in [0.1, 0.15) is 0 Å². The van der Waals surface area contributed by atoms with E-state index in [0.717, 1.165) is 10.5 Å². The van der Waals surface area contributed by atoms with Crippen molar-refractivity contribution in [2.24, 2.45) is 0 Å². The normalized spacial score (nSPS) is 36.7.